The van der Waals surface area contributed by atoms with Crippen molar-refractivity contribution in [1.29, 1.82) is 0 Å². The van der Waals surface area contributed by atoms with E-state index in [4.69, 9.17) is 5.11 Å². The van der Waals surface area contributed by atoms with Crippen molar-refractivity contribution in [3.8, 4) is 0 Å². The van der Waals surface area contributed by atoms with E-state index >= 15 is 0 Å². The zero-order valence-corrected chi connectivity index (χ0v) is 7.09. The van der Waals surface area contributed by atoms with Crippen LogP contribution in [0.4, 0.5) is 0 Å². The monoisotopic (exact) mass is 140 g/mol. The molecule has 4 nitrogen and oxygen atoms in total. The van der Waals surface area contributed by atoms with Gasteiger partial charge in [-0.1, -0.05) is 0 Å². The van der Waals surface area contributed by atoms with Crippen LogP contribution in [0.3, 0.4) is 0 Å². The normalized spacial score (nSPS) is 7.22. The summed E-state index contributed by atoms with van der Waals surface area (Å²) in [5, 5.41) is 7.89. The van der Waals surface area contributed by atoms with Gasteiger partial charge in [0.05, 0.1) is 0 Å². The molecule has 0 fully saturated rings. The van der Waals surface area contributed by atoms with E-state index in [-0.39, 0.29) is 29.6 Å². The second kappa shape index (κ2) is 6.07. The summed E-state index contributed by atoms with van der Waals surface area (Å²) in [5.41, 5.74) is 0. The average molecular weight is 140 g/mol. The molecule has 0 aromatic rings. The summed E-state index contributed by atoms with van der Waals surface area (Å²) in [4.78, 5) is 19.6. The largest absolute Gasteiger partial charge is 1.00 e. The number of carbonyl (C=O) groups excluding carboxylic acids is 1. The number of aliphatic carboxylic acids is 1. The first-order valence-electron chi connectivity index (χ1n) is 1.83. The van der Waals surface area contributed by atoms with Gasteiger partial charge in [-0.25, -0.2) is 0 Å². The average Bonchev–Trinajstić information content (AvgIpc) is 1.65. The minimum Gasteiger partial charge on any atom is -0.640 e. The molecule has 0 unspecified atom stereocenters. The fourth-order valence-electron chi connectivity index (χ4n) is 0.175. The van der Waals surface area contributed by atoms with Crippen LogP contribution in [0.15, 0.2) is 0 Å². The fraction of sp³-hybridized carbons (Fsp3) is 0.250. The van der Waals surface area contributed by atoms with Crippen LogP contribution in [0.2, 0.25) is 0 Å². The van der Waals surface area contributed by atoms with E-state index in [0.29, 0.717) is 0 Å². The van der Waals surface area contributed by atoms with E-state index < -0.39 is 18.4 Å². The van der Waals surface area contributed by atoms with E-state index in [9.17, 15) is 9.59 Å². The number of ether oxygens (including phenoxy) is 1. The predicted molar refractivity (Wildman–Crippen MR) is 23.7 cm³/mol. The Morgan fingerprint density at radius 1 is 1.56 bits per heavy atom. The molecule has 0 bridgehead atoms. The Morgan fingerprint density at radius 2 is 2.00 bits per heavy atom. The second-order valence-electron chi connectivity index (χ2n) is 1.09. The van der Waals surface area contributed by atoms with Crippen LogP contribution in [0.5, 0.6) is 0 Å². The first-order chi connectivity index (χ1) is 3.66. The van der Waals surface area contributed by atoms with Gasteiger partial charge in [-0.15, -0.1) is 0 Å². The van der Waals surface area contributed by atoms with Crippen LogP contribution in [0.1, 0.15) is 6.42 Å². The zero-order valence-electron chi connectivity index (χ0n) is 5.09. The quantitative estimate of drug-likeness (QED) is 0.190. The Hall–Kier alpha value is -0.0600. The molecule has 0 saturated carbocycles. The maximum Gasteiger partial charge on any atom is 1.00 e. The molecule has 46 valence electrons. The van der Waals surface area contributed by atoms with Gasteiger partial charge in [0.25, 0.3) is 5.97 Å². The molecule has 0 amide bonds. The molecule has 0 spiro atoms. The molecule has 0 rings (SSSR count). The Balaban J connectivity index is 0. The summed E-state index contributed by atoms with van der Waals surface area (Å²) < 4.78 is 3.79. The molecule has 0 aromatic heterocycles. The Morgan fingerprint density at radius 3 is 2.11 bits per heavy atom. The summed E-state index contributed by atoms with van der Waals surface area (Å²) in [6, 6.07) is 0. The molecule has 0 saturated heterocycles. The van der Waals surface area contributed by atoms with Gasteiger partial charge in [-0.05, 0) is 0 Å². The molecule has 0 atom stereocenters. The molecular formula is C4H5NaO4. The van der Waals surface area contributed by atoms with Crippen LogP contribution in [0, 0.1) is 7.11 Å². The number of hydrogen-bond acceptors (Lipinski definition) is 3. The second-order valence-corrected chi connectivity index (χ2v) is 1.09. The van der Waals surface area contributed by atoms with E-state index in [1.807, 2.05) is 0 Å². The maximum absolute atomic E-state index is 9.96. The summed E-state index contributed by atoms with van der Waals surface area (Å²) in [7, 11) is 2.73. The van der Waals surface area contributed by atoms with E-state index in [2.05, 4.69) is 11.8 Å². The van der Waals surface area contributed by atoms with Gasteiger partial charge in [0, 0.05) is 0 Å². The maximum atomic E-state index is 9.96. The molecular weight excluding hydrogens is 135 g/mol. The van der Waals surface area contributed by atoms with Crippen LogP contribution in [-0.2, 0) is 14.3 Å². The van der Waals surface area contributed by atoms with E-state index in [0.717, 1.165) is 0 Å². The first kappa shape index (κ1) is 11.7. The van der Waals surface area contributed by atoms with Crippen molar-refractivity contribution in [2.24, 2.45) is 0 Å². The third kappa shape index (κ3) is 7.94. The van der Waals surface area contributed by atoms with Gasteiger partial charge in [-0.3, -0.25) is 9.59 Å². The van der Waals surface area contributed by atoms with E-state index in [1.165, 1.54) is 0 Å². The van der Waals surface area contributed by atoms with Gasteiger partial charge in [0.15, 0.2) is 0 Å². The number of carboxylic acids is 1. The third-order valence-electron chi connectivity index (χ3n) is 0.457. The van der Waals surface area contributed by atoms with Crippen molar-refractivity contribution in [3.63, 3.8) is 0 Å². The minimum absolute atomic E-state index is 0. The number of carboxylic acid groups (broad SMARTS) is 1. The van der Waals surface area contributed by atoms with Crippen LogP contribution < -0.4 is 29.6 Å². The van der Waals surface area contributed by atoms with Gasteiger partial charge >= 0.3 is 35.5 Å². The van der Waals surface area contributed by atoms with Crippen molar-refractivity contribution < 1.29 is 49.0 Å². The van der Waals surface area contributed by atoms with Crippen molar-refractivity contribution in [2.45, 2.75) is 6.42 Å². The van der Waals surface area contributed by atoms with Crippen LogP contribution >= 0.6 is 0 Å². The van der Waals surface area contributed by atoms with Gasteiger partial charge in [0.1, 0.15) is 6.42 Å². The topological polar surface area (TPSA) is 63.6 Å². The van der Waals surface area contributed by atoms with Crippen LogP contribution in [0.25, 0.3) is 0 Å². The molecule has 0 radical (unpaired) electrons. The van der Waals surface area contributed by atoms with Crippen LogP contribution in [-0.4, -0.2) is 17.0 Å². The Labute approximate surface area is 74.5 Å². The van der Waals surface area contributed by atoms with Crippen molar-refractivity contribution in [1.82, 2.24) is 0 Å². The summed E-state index contributed by atoms with van der Waals surface area (Å²) in [6.45, 7) is 0. The fourth-order valence-corrected chi connectivity index (χ4v) is 0.175. The Kier molecular flexibility index (Phi) is 7.89. The number of hydrogen-bond donors (Lipinski definition) is 1. The van der Waals surface area contributed by atoms with Crippen molar-refractivity contribution in [3.05, 3.63) is 7.11 Å². The molecule has 5 heteroatoms. The summed E-state index contributed by atoms with van der Waals surface area (Å²) >= 11 is 0. The molecule has 0 aliphatic rings. The number of rotatable bonds is 2. The van der Waals surface area contributed by atoms with Gasteiger partial charge in [-0.2, -0.15) is 7.11 Å². The molecule has 0 aliphatic carbocycles. The van der Waals surface area contributed by atoms with Gasteiger partial charge in [0.2, 0.25) is 0 Å². The van der Waals surface area contributed by atoms with Crippen molar-refractivity contribution >= 4 is 11.9 Å². The van der Waals surface area contributed by atoms with Gasteiger partial charge < -0.3 is 9.84 Å². The smallest absolute Gasteiger partial charge is 0.640 e. The minimum atomic E-state index is -1.21. The Bertz CT molecular complexity index is 111. The standard InChI is InChI=1S/C4H5O4.Na/c1-8-4(7)2-3(5)6;/h1-2H2,(H,5,6);/q-1;+1. The molecule has 1 N–H and O–H groups in total. The third-order valence-corrected chi connectivity index (χ3v) is 0.457. The number of carbonyl (C=O) groups is 2. The number of esters is 1. The zero-order chi connectivity index (χ0) is 6.57. The van der Waals surface area contributed by atoms with Crippen molar-refractivity contribution in [2.75, 3.05) is 0 Å². The first-order valence-corrected chi connectivity index (χ1v) is 1.83. The molecule has 0 aromatic carbocycles. The summed E-state index contributed by atoms with van der Waals surface area (Å²) in [5.74, 6) is -2.05. The molecule has 0 heterocycles. The molecule has 0 aliphatic heterocycles. The summed E-state index contributed by atoms with van der Waals surface area (Å²) in [6.07, 6.45) is -0.622. The predicted octanol–water partition coefficient (Wildman–Crippen LogP) is -3.20. The molecule has 9 heavy (non-hydrogen) atoms. The van der Waals surface area contributed by atoms with E-state index in [1.54, 1.807) is 0 Å². The SMILES string of the molecule is [CH2-]OC(=O)CC(=O)O.[Na+].